The molecule has 0 fully saturated rings. The number of hydrogen-bond acceptors (Lipinski definition) is 2. The molecular weight excluding hydrogens is 148 g/mol. The lowest BCUT2D eigenvalue weighted by Crippen LogP contribution is -1.89. The Morgan fingerprint density at radius 2 is 2.42 bits per heavy atom. The molecule has 2 heteroatoms. The van der Waals surface area contributed by atoms with Crippen molar-refractivity contribution in [3.63, 3.8) is 0 Å². The molecule has 0 spiro atoms. The van der Waals surface area contributed by atoms with E-state index in [1.807, 2.05) is 0 Å². The zero-order valence-electron chi connectivity index (χ0n) is 7.33. The molecule has 0 amide bonds. The van der Waals surface area contributed by atoms with E-state index < -0.39 is 0 Å². The van der Waals surface area contributed by atoms with Crippen molar-refractivity contribution >= 4 is 6.21 Å². The van der Waals surface area contributed by atoms with Crippen LogP contribution >= 0.6 is 0 Å². The van der Waals surface area contributed by atoms with Gasteiger partial charge in [0.1, 0.15) is 0 Å². The highest BCUT2D eigenvalue weighted by Crippen LogP contribution is 2.18. The van der Waals surface area contributed by atoms with Crippen molar-refractivity contribution in [3.8, 4) is 0 Å². The van der Waals surface area contributed by atoms with Gasteiger partial charge in [0, 0.05) is 11.9 Å². The van der Waals surface area contributed by atoms with Gasteiger partial charge in [-0.05, 0) is 37.6 Å². The number of allylic oxidation sites excluding steroid dienone is 5. The van der Waals surface area contributed by atoms with Gasteiger partial charge in [-0.2, -0.15) is 0 Å². The van der Waals surface area contributed by atoms with Crippen molar-refractivity contribution in [2.45, 2.75) is 19.8 Å². The number of nitrogens with two attached hydrogens (primary N) is 1. The summed E-state index contributed by atoms with van der Waals surface area (Å²) in [5.74, 6) is 0. The summed E-state index contributed by atoms with van der Waals surface area (Å²) in [6.07, 6.45) is 11.4. The van der Waals surface area contributed by atoms with Crippen LogP contribution in [0.5, 0.6) is 0 Å². The number of hydrogen-bond donors (Lipinski definition) is 1. The standard InChI is InChI=1S/C10H14N2/c1-9-5-2-3-6-10(9)12-8-4-7-11/h2,4-5,7-8H,3,6,11H2,1H3/b7-4-,12-8?. The second kappa shape index (κ2) is 4.54. The summed E-state index contributed by atoms with van der Waals surface area (Å²) in [6, 6.07) is 0. The molecule has 64 valence electrons. The summed E-state index contributed by atoms with van der Waals surface area (Å²) in [7, 11) is 0. The van der Waals surface area contributed by atoms with Gasteiger partial charge >= 0.3 is 0 Å². The zero-order valence-corrected chi connectivity index (χ0v) is 7.33. The summed E-state index contributed by atoms with van der Waals surface area (Å²) in [5, 5.41) is 0. The first-order valence-corrected chi connectivity index (χ1v) is 4.12. The summed E-state index contributed by atoms with van der Waals surface area (Å²) < 4.78 is 0. The van der Waals surface area contributed by atoms with Gasteiger partial charge in [-0.15, -0.1) is 0 Å². The minimum absolute atomic E-state index is 1.04. The third kappa shape index (κ3) is 2.38. The van der Waals surface area contributed by atoms with E-state index in [9.17, 15) is 0 Å². The molecule has 0 aromatic heterocycles. The second-order valence-electron chi connectivity index (χ2n) is 2.73. The number of rotatable bonds is 2. The fourth-order valence-electron chi connectivity index (χ4n) is 1.12. The molecule has 1 rings (SSSR count). The molecule has 0 atom stereocenters. The molecular formula is C10H14N2. The van der Waals surface area contributed by atoms with E-state index in [0.29, 0.717) is 0 Å². The van der Waals surface area contributed by atoms with Crippen LogP contribution in [-0.4, -0.2) is 6.21 Å². The molecule has 2 N–H and O–H groups in total. The van der Waals surface area contributed by atoms with Gasteiger partial charge < -0.3 is 5.73 Å². The minimum atomic E-state index is 1.04. The maximum atomic E-state index is 5.18. The lowest BCUT2D eigenvalue weighted by Gasteiger charge is -2.06. The van der Waals surface area contributed by atoms with Crippen molar-refractivity contribution < 1.29 is 0 Å². The normalized spacial score (nSPS) is 18.4. The molecule has 0 saturated heterocycles. The highest BCUT2D eigenvalue weighted by molar-refractivity contribution is 5.72. The van der Waals surface area contributed by atoms with E-state index in [1.165, 1.54) is 11.8 Å². The lowest BCUT2D eigenvalue weighted by atomic mass is 10.1. The van der Waals surface area contributed by atoms with Crippen molar-refractivity contribution in [1.29, 1.82) is 0 Å². The topological polar surface area (TPSA) is 38.4 Å². The average Bonchev–Trinajstić information content (AvgIpc) is 2.09. The van der Waals surface area contributed by atoms with Crippen LogP contribution in [0.1, 0.15) is 19.8 Å². The predicted octanol–water partition coefficient (Wildman–Crippen LogP) is 2.15. The molecule has 1 aliphatic rings. The van der Waals surface area contributed by atoms with Crippen LogP contribution in [-0.2, 0) is 0 Å². The Hall–Kier alpha value is -1.31. The van der Waals surface area contributed by atoms with Crippen LogP contribution in [0.4, 0.5) is 0 Å². The van der Waals surface area contributed by atoms with Crippen molar-refractivity contribution in [1.82, 2.24) is 0 Å². The number of nitrogens with zero attached hydrogens (tertiary/aromatic N) is 1. The summed E-state index contributed by atoms with van der Waals surface area (Å²) in [4.78, 5) is 4.29. The van der Waals surface area contributed by atoms with Gasteiger partial charge in [-0.1, -0.05) is 12.2 Å². The Morgan fingerprint density at radius 1 is 1.58 bits per heavy atom. The molecule has 0 saturated carbocycles. The van der Waals surface area contributed by atoms with Crippen molar-refractivity contribution in [3.05, 3.63) is 35.7 Å². The van der Waals surface area contributed by atoms with E-state index in [0.717, 1.165) is 18.5 Å². The van der Waals surface area contributed by atoms with E-state index in [4.69, 9.17) is 5.73 Å². The molecule has 2 nitrogen and oxygen atoms in total. The van der Waals surface area contributed by atoms with Crippen molar-refractivity contribution in [2.75, 3.05) is 0 Å². The molecule has 0 aromatic carbocycles. The Kier molecular flexibility index (Phi) is 3.33. The third-order valence-corrected chi connectivity index (χ3v) is 1.80. The smallest absolute Gasteiger partial charge is 0.0435 e. The summed E-state index contributed by atoms with van der Waals surface area (Å²) >= 11 is 0. The first-order valence-electron chi connectivity index (χ1n) is 4.12. The molecule has 0 bridgehead atoms. The van der Waals surface area contributed by atoms with E-state index in [2.05, 4.69) is 24.1 Å². The molecule has 0 heterocycles. The van der Waals surface area contributed by atoms with Crippen molar-refractivity contribution in [2.24, 2.45) is 10.7 Å². The van der Waals surface area contributed by atoms with Gasteiger partial charge in [-0.25, -0.2) is 0 Å². The molecule has 0 aromatic rings. The average molecular weight is 162 g/mol. The van der Waals surface area contributed by atoms with Crippen LogP contribution in [0.15, 0.2) is 40.7 Å². The van der Waals surface area contributed by atoms with Gasteiger partial charge in [0.2, 0.25) is 0 Å². The monoisotopic (exact) mass is 162 g/mol. The Balaban J connectivity index is 2.67. The minimum Gasteiger partial charge on any atom is -0.405 e. The third-order valence-electron chi connectivity index (χ3n) is 1.80. The largest absolute Gasteiger partial charge is 0.405 e. The van der Waals surface area contributed by atoms with Gasteiger partial charge in [-0.3, -0.25) is 4.99 Å². The highest BCUT2D eigenvalue weighted by atomic mass is 14.7. The predicted molar refractivity (Wildman–Crippen MR) is 52.9 cm³/mol. The second-order valence-corrected chi connectivity index (χ2v) is 2.73. The summed E-state index contributed by atoms with van der Waals surface area (Å²) in [6.45, 7) is 2.08. The molecule has 12 heavy (non-hydrogen) atoms. The fraction of sp³-hybridized carbons (Fsp3) is 0.300. The van der Waals surface area contributed by atoms with Crippen LogP contribution in [0.3, 0.4) is 0 Å². The Bertz CT molecular complexity index is 257. The van der Waals surface area contributed by atoms with Crippen LogP contribution in [0, 0.1) is 0 Å². The quantitative estimate of drug-likeness (QED) is 0.621. The lowest BCUT2D eigenvalue weighted by molar-refractivity contribution is 0.924. The number of aliphatic imine (C=N–C) groups is 1. The SMILES string of the molecule is CC1=C(N=C/C=C\N)CCC=C1. The van der Waals surface area contributed by atoms with Crippen LogP contribution < -0.4 is 5.73 Å². The molecule has 0 unspecified atom stereocenters. The maximum Gasteiger partial charge on any atom is 0.0435 e. The van der Waals surface area contributed by atoms with Gasteiger partial charge in [0.05, 0.1) is 0 Å². The fourth-order valence-corrected chi connectivity index (χ4v) is 1.12. The van der Waals surface area contributed by atoms with Crippen LogP contribution in [0.25, 0.3) is 0 Å². The summed E-state index contributed by atoms with van der Waals surface area (Å²) in [5.41, 5.74) is 7.59. The van der Waals surface area contributed by atoms with Gasteiger partial charge in [0.15, 0.2) is 0 Å². The maximum absolute atomic E-state index is 5.18. The van der Waals surface area contributed by atoms with Gasteiger partial charge in [0.25, 0.3) is 0 Å². The first kappa shape index (κ1) is 8.78. The molecule has 0 aliphatic heterocycles. The van der Waals surface area contributed by atoms with E-state index in [1.54, 1.807) is 12.3 Å². The Labute approximate surface area is 73.2 Å². The first-order chi connectivity index (χ1) is 5.84. The van der Waals surface area contributed by atoms with E-state index >= 15 is 0 Å². The Morgan fingerprint density at radius 3 is 3.08 bits per heavy atom. The zero-order chi connectivity index (χ0) is 8.81. The van der Waals surface area contributed by atoms with E-state index in [-0.39, 0.29) is 0 Å². The van der Waals surface area contributed by atoms with Crippen LogP contribution in [0.2, 0.25) is 0 Å². The molecule has 1 aliphatic carbocycles. The molecule has 0 radical (unpaired) electrons. The highest BCUT2D eigenvalue weighted by Gasteiger charge is 2.00.